The number of hydrazine groups is 1. The Morgan fingerprint density at radius 2 is 1.78 bits per heavy atom. The number of anilines is 2. The molecule has 7 bridgehead atoms. The lowest BCUT2D eigenvalue weighted by molar-refractivity contribution is -0.137. The summed E-state index contributed by atoms with van der Waals surface area (Å²) in [7, 11) is 0. The summed E-state index contributed by atoms with van der Waals surface area (Å²) in [5, 5.41) is 11.3. The van der Waals surface area contributed by atoms with Crippen LogP contribution in [-0.4, -0.2) is 58.1 Å². The van der Waals surface area contributed by atoms with Crippen LogP contribution in [0.25, 0.3) is 0 Å². The molecular weight excluding hydrogens is 468 g/mol. The molecule has 1 unspecified atom stereocenters. The van der Waals surface area contributed by atoms with Crippen molar-refractivity contribution in [3.8, 4) is 0 Å². The summed E-state index contributed by atoms with van der Waals surface area (Å²) < 4.78 is 0. The first-order chi connectivity index (χ1) is 17.9. The Balaban J connectivity index is 1.48. The molecule has 6 aliphatic rings. The fraction of sp³-hybridized carbons (Fsp3) is 0.536. The highest BCUT2D eigenvalue weighted by atomic mass is 16.4. The summed E-state index contributed by atoms with van der Waals surface area (Å²) in [6, 6.07) is 8.08. The molecule has 8 rings (SSSR count). The predicted molar refractivity (Wildman–Crippen MR) is 143 cm³/mol. The number of urea groups is 1. The second-order valence-corrected chi connectivity index (χ2v) is 10.8. The molecule has 1 aromatic carbocycles. The quantitative estimate of drug-likeness (QED) is 0.530. The largest absolute Gasteiger partial charge is 0.481 e. The lowest BCUT2D eigenvalue weighted by Crippen LogP contribution is -2.48. The van der Waals surface area contributed by atoms with Crippen LogP contribution in [0.15, 0.2) is 30.5 Å². The van der Waals surface area contributed by atoms with Crippen molar-refractivity contribution in [2.24, 2.45) is 11.8 Å². The Morgan fingerprint density at radius 3 is 2.54 bits per heavy atom. The molecular formula is C28H38N6O3. The van der Waals surface area contributed by atoms with Gasteiger partial charge in [-0.2, -0.15) is 0 Å². The number of carbonyl (C=O) groups is 2. The van der Waals surface area contributed by atoms with Crippen molar-refractivity contribution in [2.45, 2.75) is 63.8 Å². The van der Waals surface area contributed by atoms with Gasteiger partial charge >= 0.3 is 12.0 Å². The van der Waals surface area contributed by atoms with Crippen LogP contribution in [0.2, 0.25) is 0 Å². The molecule has 37 heavy (non-hydrogen) atoms. The molecule has 9 heteroatoms. The van der Waals surface area contributed by atoms with E-state index in [2.05, 4.69) is 17.1 Å². The van der Waals surface area contributed by atoms with Crippen molar-refractivity contribution in [3.63, 3.8) is 0 Å². The van der Waals surface area contributed by atoms with E-state index in [0.29, 0.717) is 37.1 Å². The van der Waals surface area contributed by atoms with Crippen LogP contribution >= 0.6 is 0 Å². The van der Waals surface area contributed by atoms with Gasteiger partial charge in [0.15, 0.2) is 5.82 Å². The monoisotopic (exact) mass is 506 g/mol. The van der Waals surface area contributed by atoms with E-state index in [9.17, 15) is 14.7 Å². The van der Waals surface area contributed by atoms with E-state index in [4.69, 9.17) is 11.6 Å². The Bertz CT molecular complexity index is 1150. The second kappa shape index (κ2) is 11.0. The highest BCUT2D eigenvalue weighted by Gasteiger charge is 2.29. The third kappa shape index (κ3) is 5.66. The number of nitrogen functional groups attached to an aromatic ring is 1. The normalized spacial score (nSPS) is 22.8. The first-order valence-electron chi connectivity index (χ1n) is 13.5. The first kappa shape index (κ1) is 25.3. The molecule has 2 aromatic rings. The Hall–Kier alpha value is -3.33. The topological polar surface area (TPSA) is 129 Å². The molecule has 5 N–H and O–H groups in total. The molecule has 0 saturated carbocycles. The number of amides is 2. The van der Waals surface area contributed by atoms with Crippen LogP contribution < -0.4 is 16.6 Å². The average molecular weight is 507 g/mol. The van der Waals surface area contributed by atoms with E-state index in [1.165, 1.54) is 12.0 Å². The lowest BCUT2D eigenvalue weighted by atomic mass is 9.86. The number of nitrogens with zero attached hydrogens (tertiary/aromatic N) is 4. The summed E-state index contributed by atoms with van der Waals surface area (Å²) in [5.41, 5.74) is 10.7. The summed E-state index contributed by atoms with van der Waals surface area (Å²) in [6.45, 7) is 3.55. The molecule has 0 aliphatic carbocycles. The van der Waals surface area contributed by atoms with Gasteiger partial charge in [0, 0.05) is 44.8 Å². The molecule has 9 nitrogen and oxygen atoms in total. The van der Waals surface area contributed by atoms with Gasteiger partial charge in [0.25, 0.3) is 0 Å². The minimum atomic E-state index is -0.892. The van der Waals surface area contributed by atoms with Crippen molar-refractivity contribution in [1.82, 2.24) is 14.8 Å². The molecule has 7 heterocycles. The van der Waals surface area contributed by atoms with E-state index in [1.54, 1.807) is 17.3 Å². The van der Waals surface area contributed by atoms with Crippen molar-refractivity contribution in [2.75, 3.05) is 36.9 Å². The average Bonchev–Trinajstić information content (AvgIpc) is 2.90. The number of aromatic nitrogens is 1. The Kier molecular flexibility index (Phi) is 7.50. The number of carbonyl (C=O) groups excluding carboxylic acids is 1. The minimum Gasteiger partial charge on any atom is -0.481 e. The molecule has 0 spiro atoms. The van der Waals surface area contributed by atoms with Crippen LogP contribution in [0.5, 0.6) is 0 Å². The van der Waals surface area contributed by atoms with Gasteiger partial charge in [-0.15, -0.1) is 0 Å². The van der Waals surface area contributed by atoms with Gasteiger partial charge in [0.05, 0.1) is 12.1 Å². The van der Waals surface area contributed by atoms with E-state index < -0.39 is 11.9 Å². The van der Waals surface area contributed by atoms with Crippen molar-refractivity contribution < 1.29 is 14.7 Å². The summed E-state index contributed by atoms with van der Waals surface area (Å²) in [5.74, 6) is 6.20. The van der Waals surface area contributed by atoms with Gasteiger partial charge in [0.2, 0.25) is 0 Å². The van der Waals surface area contributed by atoms with E-state index >= 15 is 0 Å². The van der Waals surface area contributed by atoms with Gasteiger partial charge in [-0.25, -0.2) is 15.6 Å². The van der Waals surface area contributed by atoms with Gasteiger partial charge < -0.3 is 20.6 Å². The van der Waals surface area contributed by atoms with Gasteiger partial charge in [-0.1, -0.05) is 37.5 Å². The maximum atomic E-state index is 13.4. The smallest absolute Gasteiger partial charge is 0.320 e. The fourth-order valence-electron chi connectivity index (χ4n) is 6.09. The van der Waals surface area contributed by atoms with Crippen LogP contribution in [-0.2, 0) is 17.8 Å². The standard InChI is InChI=1S/C28H38N6O3/c29-25-15-22-17-31-27(25)34(30)10-3-1-2-4-19-7-11-32(12-8-19)28(37)33-13-9-20-5-6-21(14-23(20)18-33)24(22)16-26(35)36/h5-6,14-15,17,19,24H,1-4,7-13,16,18,29-30H2,(H,35,36). The van der Waals surface area contributed by atoms with Gasteiger partial charge in [-0.3, -0.25) is 9.80 Å². The number of piperidine rings is 1. The third-order valence-electron chi connectivity index (χ3n) is 8.28. The number of hydrogen-bond donors (Lipinski definition) is 3. The Labute approximate surface area is 218 Å². The second-order valence-electron chi connectivity index (χ2n) is 10.8. The maximum absolute atomic E-state index is 13.4. The molecule has 1 atom stereocenters. The number of nitrogens with two attached hydrogens (primary N) is 2. The highest BCUT2D eigenvalue weighted by molar-refractivity contribution is 5.75. The van der Waals surface area contributed by atoms with E-state index in [1.807, 2.05) is 15.9 Å². The maximum Gasteiger partial charge on any atom is 0.320 e. The zero-order valence-electron chi connectivity index (χ0n) is 21.4. The minimum absolute atomic E-state index is 0.0802. The Morgan fingerprint density at radius 1 is 0.973 bits per heavy atom. The molecule has 0 radical (unpaired) electrons. The molecule has 1 fully saturated rings. The zero-order valence-corrected chi connectivity index (χ0v) is 21.4. The number of aliphatic carboxylic acids is 1. The van der Waals surface area contributed by atoms with Gasteiger partial charge in [0.1, 0.15) is 0 Å². The lowest BCUT2D eigenvalue weighted by Gasteiger charge is -2.38. The SMILES string of the molecule is Nc1cc2cnc1N(N)CCCCCC1CCN(CC1)C(=O)N1CCc3ccc(cc3C1)C2CC(=O)O. The summed E-state index contributed by atoms with van der Waals surface area (Å²) in [4.78, 5) is 33.7. The number of carboxylic acid groups (broad SMARTS) is 1. The van der Waals surface area contributed by atoms with E-state index in [0.717, 1.165) is 68.3 Å². The summed E-state index contributed by atoms with van der Waals surface area (Å²) in [6.07, 6.45) is 8.91. The number of rotatable bonds is 2. The molecule has 1 aromatic heterocycles. The van der Waals surface area contributed by atoms with Crippen molar-refractivity contribution >= 4 is 23.5 Å². The third-order valence-corrected chi connectivity index (χ3v) is 8.28. The molecule has 1 saturated heterocycles. The molecule has 198 valence electrons. The summed E-state index contributed by atoms with van der Waals surface area (Å²) >= 11 is 0. The number of benzene rings is 1. The predicted octanol–water partition coefficient (Wildman–Crippen LogP) is 3.71. The van der Waals surface area contributed by atoms with Crippen LogP contribution in [0, 0.1) is 5.92 Å². The van der Waals surface area contributed by atoms with Crippen LogP contribution in [0.1, 0.15) is 73.1 Å². The fourth-order valence-corrected chi connectivity index (χ4v) is 6.09. The van der Waals surface area contributed by atoms with Crippen molar-refractivity contribution in [3.05, 3.63) is 52.7 Å². The van der Waals surface area contributed by atoms with E-state index in [-0.39, 0.29) is 12.5 Å². The van der Waals surface area contributed by atoms with Crippen LogP contribution in [0.4, 0.5) is 16.3 Å². The zero-order chi connectivity index (χ0) is 25.9. The first-order valence-corrected chi connectivity index (χ1v) is 13.5. The van der Waals surface area contributed by atoms with Gasteiger partial charge in [-0.05, 0) is 59.9 Å². The molecule has 6 aliphatic heterocycles. The number of hydrogen-bond acceptors (Lipinski definition) is 6. The molecule has 2 amide bonds. The van der Waals surface area contributed by atoms with Crippen LogP contribution in [0.3, 0.4) is 0 Å². The number of pyridine rings is 1. The van der Waals surface area contributed by atoms with Crippen molar-refractivity contribution in [1.29, 1.82) is 0 Å². The number of carboxylic acids is 1. The highest BCUT2D eigenvalue weighted by Crippen LogP contribution is 2.34.